The number of aryl methyl sites for hydroxylation is 1. The van der Waals surface area contributed by atoms with Crippen molar-refractivity contribution < 1.29 is 4.74 Å². The van der Waals surface area contributed by atoms with Crippen LogP contribution in [0, 0.1) is 0 Å². The predicted octanol–water partition coefficient (Wildman–Crippen LogP) is -0.593. The molecule has 0 fully saturated rings. The van der Waals surface area contributed by atoms with Crippen molar-refractivity contribution in [3.05, 3.63) is 20.8 Å². The van der Waals surface area contributed by atoms with Gasteiger partial charge in [0.25, 0.3) is 5.56 Å². The number of nitrogens with zero attached hydrogens (tertiary/aromatic N) is 3. The first-order valence-corrected chi connectivity index (χ1v) is 5.87. The second kappa shape index (κ2) is 4.88. The molecular weight excluding hydrogens is 250 g/mol. The quantitative estimate of drug-likeness (QED) is 0.772. The number of anilines is 1. The molecule has 8 heteroatoms. The van der Waals surface area contributed by atoms with Gasteiger partial charge >= 0.3 is 5.69 Å². The zero-order chi connectivity index (χ0) is 14.2. The van der Waals surface area contributed by atoms with Gasteiger partial charge in [-0.25, -0.2) is 4.79 Å². The van der Waals surface area contributed by atoms with E-state index in [9.17, 15) is 9.59 Å². The van der Waals surface area contributed by atoms with Gasteiger partial charge in [-0.3, -0.25) is 13.9 Å². The minimum atomic E-state index is -0.402. The highest BCUT2D eigenvalue weighted by Crippen LogP contribution is 2.09. The summed E-state index contributed by atoms with van der Waals surface area (Å²) in [6.07, 6.45) is 0. The fourth-order valence-corrected chi connectivity index (χ4v) is 1.92. The molecular formula is C11H17N5O3. The fourth-order valence-electron chi connectivity index (χ4n) is 1.92. The van der Waals surface area contributed by atoms with Crippen LogP contribution in [0.2, 0.25) is 0 Å². The Bertz CT molecular complexity index is 711. The van der Waals surface area contributed by atoms with Crippen molar-refractivity contribution in [1.82, 2.24) is 19.1 Å². The number of rotatable bonds is 4. The maximum absolute atomic E-state index is 12.0. The van der Waals surface area contributed by atoms with Crippen molar-refractivity contribution >= 4 is 17.1 Å². The van der Waals surface area contributed by atoms with Gasteiger partial charge in [-0.2, -0.15) is 4.98 Å². The predicted molar refractivity (Wildman–Crippen MR) is 71.5 cm³/mol. The number of methoxy groups -OCH3 is 1. The summed E-state index contributed by atoms with van der Waals surface area (Å²) < 4.78 is 7.39. The third-order valence-electron chi connectivity index (χ3n) is 2.89. The van der Waals surface area contributed by atoms with Gasteiger partial charge in [0.1, 0.15) is 0 Å². The molecule has 0 aliphatic carbocycles. The van der Waals surface area contributed by atoms with E-state index in [2.05, 4.69) is 15.3 Å². The molecule has 0 aliphatic rings. The van der Waals surface area contributed by atoms with Gasteiger partial charge in [-0.05, 0) is 6.92 Å². The Morgan fingerprint density at radius 1 is 1.37 bits per heavy atom. The van der Waals surface area contributed by atoms with E-state index in [0.717, 1.165) is 4.57 Å². The van der Waals surface area contributed by atoms with Crippen LogP contribution >= 0.6 is 0 Å². The second-order valence-corrected chi connectivity index (χ2v) is 4.49. The monoisotopic (exact) mass is 267 g/mol. The fraction of sp³-hybridized carbons (Fsp3) is 0.545. The second-order valence-electron chi connectivity index (χ2n) is 4.49. The molecule has 0 saturated carbocycles. The van der Waals surface area contributed by atoms with E-state index in [1.807, 2.05) is 6.92 Å². The van der Waals surface area contributed by atoms with E-state index >= 15 is 0 Å². The first kappa shape index (κ1) is 13.3. The number of hydrogen-bond donors (Lipinski definition) is 2. The van der Waals surface area contributed by atoms with E-state index in [4.69, 9.17) is 4.74 Å². The molecule has 8 nitrogen and oxygen atoms in total. The Labute approximate surface area is 109 Å². The summed E-state index contributed by atoms with van der Waals surface area (Å²) in [6.45, 7) is 2.43. The maximum Gasteiger partial charge on any atom is 0.332 e. The highest BCUT2D eigenvalue weighted by molar-refractivity contribution is 5.72. The van der Waals surface area contributed by atoms with Crippen LogP contribution in [0.3, 0.4) is 0 Å². The summed E-state index contributed by atoms with van der Waals surface area (Å²) in [6, 6.07) is 0.0337. The van der Waals surface area contributed by atoms with Crippen LogP contribution in [-0.4, -0.2) is 38.9 Å². The molecule has 2 aromatic heterocycles. The molecule has 2 aromatic rings. The molecule has 0 spiro atoms. The van der Waals surface area contributed by atoms with Gasteiger partial charge in [0.2, 0.25) is 5.95 Å². The minimum Gasteiger partial charge on any atom is -0.383 e. The lowest BCUT2D eigenvalue weighted by molar-refractivity contribution is 0.190. The van der Waals surface area contributed by atoms with E-state index in [-0.39, 0.29) is 6.04 Å². The van der Waals surface area contributed by atoms with Gasteiger partial charge in [0.05, 0.1) is 6.61 Å². The molecule has 0 aromatic carbocycles. The Morgan fingerprint density at radius 2 is 2.05 bits per heavy atom. The van der Waals surface area contributed by atoms with Crippen molar-refractivity contribution in [3.63, 3.8) is 0 Å². The van der Waals surface area contributed by atoms with Crippen LogP contribution in [0.4, 0.5) is 5.95 Å². The van der Waals surface area contributed by atoms with Crippen LogP contribution in [0.15, 0.2) is 9.59 Å². The third kappa shape index (κ3) is 2.26. The summed E-state index contributed by atoms with van der Waals surface area (Å²) in [5, 5.41) is 3.07. The van der Waals surface area contributed by atoms with E-state index in [1.165, 1.54) is 11.6 Å². The zero-order valence-electron chi connectivity index (χ0n) is 11.4. The number of imidazole rings is 1. The Kier molecular flexibility index (Phi) is 3.43. The van der Waals surface area contributed by atoms with Crippen molar-refractivity contribution in [2.75, 3.05) is 19.0 Å². The first-order chi connectivity index (χ1) is 8.95. The molecule has 1 atom stereocenters. The van der Waals surface area contributed by atoms with Crippen LogP contribution in [0.25, 0.3) is 11.2 Å². The van der Waals surface area contributed by atoms with E-state index < -0.39 is 11.2 Å². The average Bonchev–Trinajstić information content (AvgIpc) is 2.78. The number of H-pyrrole nitrogens is 1. The van der Waals surface area contributed by atoms with Gasteiger partial charge < -0.3 is 15.0 Å². The summed E-state index contributed by atoms with van der Waals surface area (Å²) in [5.74, 6) is 0.442. The lowest BCUT2D eigenvalue weighted by atomic mass is 10.4. The molecule has 0 amide bonds. The summed E-state index contributed by atoms with van der Waals surface area (Å²) in [4.78, 5) is 30.8. The standard InChI is InChI=1S/C11H17N5O3/c1-6(5-19-4)12-10-13-7-8(14-10)15(2)11(18)16(3)9(7)17/h6H,5H2,1-4H3,(H2,12,13,14). The van der Waals surface area contributed by atoms with Crippen LogP contribution in [0.1, 0.15) is 6.92 Å². The smallest absolute Gasteiger partial charge is 0.332 e. The molecule has 2 rings (SSSR count). The van der Waals surface area contributed by atoms with Crippen molar-refractivity contribution in [2.45, 2.75) is 13.0 Å². The molecule has 0 aliphatic heterocycles. The lowest BCUT2D eigenvalue weighted by Crippen LogP contribution is -2.36. The lowest BCUT2D eigenvalue weighted by Gasteiger charge is -2.10. The van der Waals surface area contributed by atoms with Crippen LogP contribution in [0.5, 0.6) is 0 Å². The summed E-state index contributed by atoms with van der Waals surface area (Å²) >= 11 is 0. The maximum atomic E-state index is 12.0. The molecule has 19 heavy (non-hydrogen) atoms. The number of nitrogens with one attached hydrogen (secondary N) is 2. The first-order valence-electron chi connectivity index (χ1n) is 5.87. The number of hydrogen-bond acceptors (Lipinski definition) is 5. The third-order valence-corrected chi connectivity index (χ3v) is 2.89. The van der Waals surface area contributed by atoms with Crippen LogP contribution < -0.4 is 16.6 Å². The highest BCUT2D eigenvalue weighted by atomic mass is 16.5. The SMILES string of the molecule is COCC(C)Nc1nc2c([nH]1)c(=O)n(C)c(=O)n2C. The van der Waals surface area contributed by atoms with Gasteiger partial charge in [-0.15, -0.1) is 0 Å². The van der Waals surface area contributed by atoms with Gasteiger partial charge in [0, 0.05) is 27.2 Å². The molecule has 1 unspecified atom stereocenters. The van der Waals surface area contributed by atoms with Crippen molar-refractivity contribution in [3.8, 4) is 0 Å². The normalized spacial score (nSPS) is 12.8. The molecule has 0 saturated heterocycles. The largest absolute Gasteiger partial charge is 0.383 e. The summed E-state index contributed by atoms with van der Waals surface area (Å²) in [7, 11) is 4.62. The van der Waals surface area contributed by atoms with Crippen molar-refractivity contribution in [2.24, 2.45) is 14.1 Å². The average molecular weight is 267 g/mol. The highest BCUT2D eigenvalue weighted by Gasteiger charge is 2.14. The Balaban J connectivity index is 2.52. The summed E-state index contributed by atoms with van der Waals surface area (Å²) in [5.41, 5.74) is -0.157. The number of aromatic nitrogens is 4. The number of ether oxygens (including phenoxy) is 1. The van der Waals surface area contributed by atoms with Gasteiger partial charge in [-0.1, -0.05) is 0 Å². The van der Waals surface area contributed by atoms with Crippen molar-refractivity contribution in [1.29, 1.82) is 0 Å². The molecule has 2 N–H and O–H groups in total. The Morgan fingerprint density at radius 3 is 2.68 bits per heavy atom. The van der Waals surface area contributed by atoms with Crippen LogP contribution in [-0.2, 0) is 18.8 Å². The van der Waals surface area contributed by atoms with E-state index in [0.29, 0.717) is 23.7 Å². The minimum absolute atomic E-state index is 0.0337. The number of aromatic amines is 1. The molecule has 0 radical (unpaired) electrons. The molecule has 2 heterocycles. The topological polar surface area (TPSA) is 93.9 Å². The zero-order valence-corrected chi connectivity index (χ0v) is 11.4. The number of fused-ring (bicyclic) bond motifs is 1. The van der Waals surface area contributed by atoms with E-state index in [1.54, 1.807) is 14.2 Å². The van der Waals surface area contributed by atoms with Gasteiger partial charge in [0.15, 0.2) is 11.2 Å². The molecule has 104 valence electrons. The Hall–Kier alpha value is -2.09. The molecule has 0 bridgehead atoms.